The van der Waals surface area contributed by atoms with E-state index in [2.05, 4.69) is 14.9 Å². The van der Waals surface area contributed by atoms with Crippen molar-refractivity contribution in [2.24, 2.45) is 0 Å². The Balaban J connectivity index is 1.43. The highest BCUT2D eigenvalue weighted by Crippen LogP contribution is 2.19. The Morgan fingerprint density at radius 2 is 1.59 bits per heavy atom. The summed E-state index contributed by atoms with van der Waals surface area (Å²) in [6.45, 7) is 1.10. The van der Waals surface area contributed by atoms with Crippen molar-refractivity contribution in [3.8, 4) is 11.5 Å². The van der Waals surface area contributed by atoms with Gasteiger partial charge >= 0.3 is 0 Å². The molecule has 0 radical (unpaired) electrons. The predicted molar refractivity (Wildman–Crippen MR) is 123 cm³/mol. The van der Waals surface area contributed by atoms with E-state index in [1.165, 1.54) is 0 Å². The summed E-state index contributed by atoms with van der Waals surface area (Å²) in [7, 11) is 3.29. The molecule has 7 heteroatoms. The van der Waals surface area contributed by atoms with Gasteiger partial charge in [0.1, 0.15) is 22.8 Å². The maximum absolute atomic E-state index is 12.5. The number of hydrogen-bond donors (Lipinski definition) is 1. The molecule has 0 saturated heterocycles. The Morgan fingerprint density at radius 1 is 0.938 bits per heavy atom. The minimum absolute atomic E-state index is 0.0168. The number of methoxy groups -OCH3 is 2. The van der Waals surface area contributed by atoms with Crippen LogP contribution < -0.4 is 14.8 Å². The van der Waals surface area contributed by atoms with Gasteiger partial charge in [0.15, 0.2) is 5.65 Å². The first-order valence-corrected chi connectivity index (χ1v) is 10.5. The van der Waals surface area contributed by atoms with Crippen molar-refractivity contribution >= 4 is 17.1 Å². The van der Waals surface area contributed by atoms with Crippen LogP contribution in [0.15, 0.2) is 66.9 Å². The summed E-state index contributed by atoms with van der Waals surface area (Å²) in [5, 5.41) is 2.98. The van der Waals surface area contributed by atoms with Crippen molar-refractivity contribution in [1.29, 1.82) is 0 Å². The van der Waals surface area contributed by atoms with Crippen LogP contribution in [-0.4, -0.2) is 34.7 Å². The quantitative estimate of drug-likeness (QED) is 0.438. The third-order valence-electron chi connectivity index (χ3n) is 5.31. The molecular formula is C25H26N4O3. The summed E-state index contributed by atoms with van der Waals surface area (Å²) >= 11 is 0. The van der Waals surface area contributed by atoms with Gasteiger partial charge in [0.25, 0.3) is 0 Å². The van der Waals surface area contributed by atoms with Crippen molar-refractivity contribution < 1.29 is 14.3 Å². The molecule has 0 aliphatic carbocycles. The number of nitrogens with one attached hydrogen (secondary N) is 1. The SMILES string of the molecule is COc1ccc(CNC(=O)CCc2nc3cccnc3n2Cc2ccc(OC)cc2)cc1. The van der Waals surface area contributed by atoms with E-state index in [1.807, 2.05) is 60.7 Å². The van der Waals surface area contributed by atoms with Gasteiger partial charge in [0, 0.05) is 25.6 Å². The normalized spacial score (nSPS) is 10.8. The molecule has 7 nitrogen and oxygen atoms in total. The lowest BCUT2D eigenvalue weighted by Crippen LogP contribution is -2.23. The maximum atomic E-state index is 12.5. The molecule has 0 spiro atoms. The first kappa shape index (κ1) is 21.4. The van der Waals surface area contributed by atoms with Crippen molar-refractivity contribution in [2.75, 3.05) is 14.2 Å². The van der Waals surface area contributed by atoms with Gasteiger partial charge < -0.3 is 19.4 Å². The molecule has 32 heavy (non-hydrogen) atoms. The Kier molecular flexibility index (Phi) is 6.65. The minimum Gasteiger partial charge on any atom is -0.497 e. The number of carbonyl (C=O) groups excluding carboxylic acids is 1. The molecule has 1 amide bonds. The van der Waals surface area contributed by atoms with Crippen LogP contribution in [0.1, 0.15) is 23.4 Å². The lowest BCUT2D eigenvalue weighted by Gasteiger charge is -2.10. The molecule has 0 unspecified atom stereocenters. The van der Waals surface area contributed by atoms with Gasteiger partial charge in [-0.15, -0.1) is 0 Å². The van der Waals surface area contributed by atoms with Crippen LogP contribution in [0.5, 0.6) is 11.5 Å². The van der Waals surface area contributed by atoms with Crippen molar-refractivity contribution in [3.05, 3.63) is 83.8 Å². The standard InChI is InChI=1S/C25H26N4O3/c1-31-20-9-5-18(6-10-20)16-27-24(30)14-13-23-28-22-4-3-15-26-25(22)29(23)17-19-7-11-21(32-2)12-8-19/h3-12,15H,13-14,16-17H2,1-2H3,(H,27,30). The number of benzene rings is 2. The van der Waals surface area contributed by atoms with Crippen molar-refractivity contribution in [2.45, 2.75) is 25.9 Å². The van der Waals surface area contributed by atoms with E-state index in [4.69, 9.17) is 14.5 Å². The Bertz CT molecular complexity index is 1180. The molecule has 164 valence electrons. The fraction of sp³-hybridized carbons (Fsp3) is 0.240. The molecule has 0 fully saturated rings. The average molecular weight is 431 g/mol. The van der Waals surface area contributed by atoms with Gasteiger partial charge in [-0.1, -0.05) is 24.3 Å². The zero-order chi connectivity index (χ0) is 22.3. The molecule has 1 N–H and O–H groups in total. The molecule has 0 saturated carbocycles. The van der Waals surface area contributed by atoms with Gasteiger partial charge in [-0.25, -0.2) is 9.97 Å². The highest BCUT2D eigenvalue weighted by Gasteiger charge is 2.14. The van der Waals surface area contributed by atoms with Crippen molar-refractivity contribution in [3.63, 3.8) is 0 Å². The molecule has 0 aliphatic rings. The minimum atomic E-state index is -0.0168. The number of pyridine rings is 1. The molecule has 2 aromatic carbocycles. The Hall–Kier alpha value is -3.87. The highest BCUT2D eigenvalue weighted by atomic mass is 16.5. The third-order valence-corrected chi connectivity index (χ3v) is 5.31. The second-order valence-corrected chi connectivity index (χ2v) is 7.43. The van der Waals surface area contributed by atoms with Crippen LogP contribution in [0.4, 0.5) is 0 Å². The monoisotopic (exact) mass is 430 g/mol. The number of carbonyl (C=O) groups is 1. The average Bonchev–Trinajstić information content (AvgIpc) is 3.19. The number of nitrogens with zero attached hydrogens (tertiary/aromatic N) is 3. The lowest BCUT2D eigenvalue weighted by atomic mass is 10.2. The number of aryl methyl sites for hydroxylation is 1. The summed E-state index contributed by atoms with van der Waals surface area (Å²) in [4.78, 5) is 21.7. The van der Waals surface area contributed by atoms with Gasteiger partial charge in [-0.2, -0.15) is 0 Å². The van der Waals surface area contributed by atoms with Gasteiger partial charge in [-0.05, 0) is 47.5 Å². The molecular weight excluding hydrogens is 404 g/mol. The molecule has 0 aliphatic heterocycles. The van der Waals surface area contributed by atoms with Crippen LogP contribution in [0.3, 0.4) is 0 Å². The zero-order valence-electron chi connectivity index (χ0n) is 18.2. The fourth-order valence-corrected chi connectivity index (χ4v) is 3.53. The van der Waals surface area contributed by atoms with Gasteiger partial charge in [0.2, 0.25) is 5.91 Å². The summed E-state index contributed by atoms with van der Waals surface area (Å²) in [5.74, 6) is 2.44. The smallest absolute Gasteiger partial charge is 0.220 e. The number of amides is 1. The summed E-state index contributed by atoms with van der Waals surface area (Å²) in [5.41, 5.74) is 3.78. The highest BCUT2D eigenvalue weighted by molar-refractivity contribution is 5.76. The fourth-order valence-electron chi connectivity index (χ4n) is 3.53. The molecule has 0 atom stereocenters. The van der Waals surface area contributed by atoms with Crippen molar-refractivity contribution in [1.82, 2.24) is 19.9 Å². The van der Waals surface area contributed by atoms with Crippen LogP contribution in [0.25, 0.3) is 11.2 Å². The predicted octanol–water partition coefficient (Wildman–Crippen LogP) is 3.75. The maximum Gasteiger partial charge on any atom is 0.220 e. The van der Waals surface area contributed by atoms with Crippen LogP contribution >= 0.6 is 0 Å². The van der Waals surface area contributed by atoms with E-state index in [-0.39, 0.29) is 5.91 Å². The number of aromatic nitrogens is 3. The number of rotatable bonds is 9. The van der Waals surface area contributed by atoms with Crippen LogP contribution in [-0.2, 0) is 24.3 Å². The second kappa shape index (κ2) is 9.96. The first-order chi connectivity index (χ1) is 15.7. The first-order valence-electron chi connectivity index (χ1n) is 10.5. The van der Waals surface area contributed by atoms with E-state index in [0.717, 1.165) is 39.6 Å². The molecule has 4 rings (SSSR count). The van der Waals surface area contributed by atoms with E-state index in [0.29, 0.717) is 25.9 Å². The number of imidazole rings is 1. The van der Waals surface area contributed by atoms with E-state index in [1.54, 1.807) is 20.4 Å². The molecule has 2 heterocycles. The third kappa shape index (κ3) is 5.06. The summed E-state index contributed by atoms with van der Waals surface area (Å²) in [6.07, 6.45) is 2.64. The molecule has 4 aromatic rings. The summed E-state index contributed by atoms with van der Waals surface area (Å²) in [6, 6.07) is 19.4. The topological polar surface area (TPSA) is 78.3 Å². The lowest BCUT2D eigenvalue weighted by molar-refractivity contribution is -0.121. The largest absolute Gasteiger partial charge is 0.497 e. The second-order valence-electron chi connectivity index (χ2n) is 7.43. The van der Waals surface area contributed by atoms with E-state index >= 15 is 0 Å². The Labute approximate surface area is 187 Å². The van der Waals surface area contributed by atoms with Crippen LogP contribution in [0.2, 0.25) is 0 Å². The molecule has 0 bridgehead atoms. The Morgan fingerprint density at radius 3 is 2.25 bits per heavy atom. The molecule has 2 aromatic heterocycles. The van der Waals surface area contributed by atoms with Crippen LogP contribution in [0, 0.1) is 0 Å². The van der Waals surface area contributed by atoms with E-state index in [9.17, 15) is 4.79 Å². The van der Waals surface area contributed by atoms with E-state index < -0.39 is 0 Å². The summed E-state index contributed by atoms with van der Waals surface area (Å²) < 4.78 is 12.5. The number of hydrogen-bond acceptors (Lipinski definition) is 5. The number of ether oxygens (including phenoxy) is 2. The zero-order valence-corrected chi connectivity index (χ0v) is 18.2. The van der Waals surface area contributed by atoms with Gasteiger partial charge in [-0.3, -0.25) is 4.79 Å². The van der Waals surface area contributed by atoms with Gasteiger partial charge in [0.05, 0.1) is 20.8 Å². The number of fused-ring (bicyclic) bond motifs is 1.